The summed E-state index contributed by atoms with van der Waals surface area (Å²) in [4.78, 5) is 13.2. The lowest BCUT2D eigenvalue weighted by Gasteiger charge is -2.23. The van der Waals surface area contributed by atoms with Gasteiger partial charge in [-0.1, -0.05) is 59.8 Å². The quantitative estimate of drug-likeness (QED) is 0.301. The summed E-state index contributed by atoms with van der Waals surface area (Å²) in [5.74, 6) is 0.357. The molecule has 0 aliphatic rings. The standard InChI is InChI=1S/C26H35N3O4/c1-6-7-8-9-10-11-14-33-19-16-20(26(2,3)4)24(30)23(17-19)29-27-21-13-12-18(25(31)32-5)15-22(21)28-29/h12-13,15-17,30H,6-11,14H2,1-5H3. The number of aromatic hydroxyl groups is 1. The highest BCUT2D eigenvalue weighted by Gasteiger charge is 2.24. The predicted octanol–water partition coefficient (Wildman–Crippen LogP) is 5.95. The maximum atomic E-state index is 11.9. The molecular formula is C26H35N3O4. The van der Waals surface area contributed by atoms with Crippen molar-refractivity contribution in [2.45, 2.75) is 71.6 Å². The molecule has 178 valence electrons. The van der Waals surface area contributed by atoms with Crippen molar-refractivity contribution >= 4 is 17.0 Å². The second kappa shape index (κ2) is 10.7. The van der Waals surface area contributed by atoms with Crippen LogP contribution < -0.4 is 4.74 Å². The van der Waals surface area contributed by atoms with Crippen molar-refractivity contribution in [1.82, 2.24) is 15.0 Å². The van der Waals surface area contributed by atoms with Gasteiger partial charge in [0.05, 0.1) is 19.3 Å². The molecule has 7 heteroatoms. The number of esters is 1. The normalized spacial score (nSPS) is 11.7. The van der Waals surface area contributed by atoms with Crippen molar-refractivity contribution in [1.29, 1.82) is 0 Å². The molecule has 1 heterocycles. The van der Waals surface area contributed by atoms with Gasteiger partial charge in [0, 0.05) is 11.6 Å². The number of ether oxygens (including phenoxy) is 2. The summed E-state index contributed by atoms with van der Waals surface area (Å²) in [5, 5.41) is 20.1. The molecule has 0 saturated carbocycles. The highest BCUT2D eigenvalue weighted by atomic mass is 16.5. The third-order valence-electron chi connectivity index (χ3n) is 5.65. The first-order valence-electron chi connectivity index (χ1n) is 11.7. The summed E-state index contributed by atoms with van der Waals surface area (Å²) < 4.78 is 10.9. The van der Waals surface area contributed by atoms with Crippen LogP contribution in [0.15, 0.2) is 30.3 Å². The highest BCUT2D eigenvalue weighted by Crippen LogP contribution is 2.38. The van der Waals surface area contributed by atoms with Gasteiger partial charge in [-0.15, -0.1) is 15.0 Å². The van der Waals surface area contributed by atoms with E-state index in [1.54, 1.807) is 24.3 Å². The molecule has 1 aromatic heterocycles. The monoisotopic (exact) mass is 453 g/mol. The maximum absolute atomic E-state index is 11.9. The first kappa shape index (κ1) is 24.6. The molecule has 3 aromatic rings. The zero-order valence-corrected chi connectivity index (χ0v) is 20.4. The Morgan fingerprint density at radius 3 is 2.39 bits per heavy atom. The molecule has 0 radical (unpaired) electrons. The van der Waals surface area contributed by atoms with Crippen molar-refractivity contribution in [3.63, 3.8) is 0 Å². The van der Waals surface area contributed by atoms with Gasteiger partial charge in [-0.05, 0) is 36.1 Å². The van der Waals surface area contributed by atoms with Crippen LogP contribution in [0.25, 0.3) is 16.7 Å². The fourth-order valence-electron chi connectivity index (χ4n) is 3.74. The first-order chi connectivity index (χ1) is 15.7. The van der Waals surface area contributed by atoms with E-state index in [9.17, 15) is 9.90 Å². The van der Waals surface area contributed by atoms with E-state index < -0.39 is 5.97 Å². The average Bonchev–Trinajstić information content (AvgIpc) is 3.21. The molecule has 0 saturated heterocycles. The highest BCUT2D eigenvalue weighted by molar-refractivity contribution is 5.93. The van der Waals surface area contributed by atoms with E-state index in [0.29, 0.717) is 34.6 Å². The van der Waals surface area contributed by atoms with Crippen molar-refractivity contribution in [3.8, 4) is 17.2 Å². The minimum absolute atomic E-state index is 0.114. The number of nitrogens with zero attached hydrogens (tertiary/aromatic N) is 3. The van der Waals surface area contributed by atoms with E-state index in [-0.39, 0.29) is 11.2 Å². The average molecular weight is 454 g/mol. The molecule has 0 bridgehead atoms. The summed E-state index contributed by atoms with van der Waals surface area (Å²) in [6.07, 6.45) is 7.15. The Kier molecular flexibility index (Phi) is 7.95. The fourth-order valence-corrected chi connectivity index (χ4v) is 3.74. The first-order valence-corrected chi connectivity index (χ1v) is 11.7. The summed E-state index contributed by atoms with van der Waals surface area (Å²) in [6.45, 7) is 8.96. The second-order valence-electron chi connectivity index (χ2n) is 9.39. The Morgan fingerprint density at radius 2 is 1.70 bits per heavy atom. The Morgan fingerprint density at radius 1 is 1.00 bits per heavy atom. The van der Waals surface area contributed by atoms with E-state index in [1.165, 1.54) is 37.6 Å². The summed E-state index contributed by atoms with van der Waals surface area (Å²) in [5.41, 5.74) is 2.44. The van der Waals surface area contributed by atoms with E-state index >= 15 is 0 Å². The number of benzene rings is 2. The number of phenols is 1. The number of fused-ring (bicyclic) bond motifs is 1. The van der Waals surface area contributed by atoms with Crippen LogP contribution in [0.3, 0.4) is 0 Å². The minimum Gasteiger partial charge on any atom is -0.505 e. The SMILES string of the molecule is CCCCCCCCOc1cc(-n2nc3ccc(C(=O)OC)cc3n2)c(O)c(C(C)(C)C)c1. The molecule has 0 fully saturated rings. The second-order valence-corrected chi connectivity index (χ2v) is 9.39. The number of carbonyl (C=O) groups is 1. The van der Waals surface area contributed by atoms with E-state index in [1.807, 2.05) is 26.8 Å². The number of unbranched alkanes of at least 4 members (excludes halogenated alkanes) is 5. The lowest BCUT2D eigenvalue weighted by Crippen LogP contribution is -2.14. The molecule has 0 unspecified atom stereocenters. The summed E-state index contributed by atoms with van der Waals surface area (Å²) in [7, 11) is 1.34. The fraction of sp³-hybridized carbons (Fsp3) is 0.500. The van der Waals surface area contributed by atoms with Crippen molar-refractivity contribution in [2.75, 3.05) is 13.7 Å². The molecule has 0 spiro atoms. The summed E-state index contributed by atoms with van der Waals surface area (Å²) >= 11 is 0. The lowest BCUT2D eigenvalue weighted by atomic mass is 9.86. The predicted molar refractivity (Wildman–Crippen MR) is 129 cm³/mol. The van der Waals surface area contributed by atoms with Crippen LogP contribution in [-0.2, 0) is 10.2 Å². The Hall–Kier alpha value is -3.09. The molecule has 0 aliphatic heterocycles. The minimum atomic E-state index is -0.436. The maximum Gasteiger partial charge on any atom is 0.337 e. The number of methoxy groups -OCH3 is 1. The Balaban J connectivity index is 1.89. The molecule has 7 nitrogen and oxygen atoms in total. The van der Waals surface area contributed by atoms with Gasteiger partial charge in [-0.3, -0.25) is 0 Å². The smallest absolute Gasteiger partial charge is 0.337 e. The molecule has 2 aromatic carbocycles. The number of hydrogen-bond donors (Lipinski definition) is 1. The van der Waals surface area contributed by atoms with Crippen molar-refractivity contribution in [3.05, 3.63) is 41.5 Å². The molecule has 1 N–H and O–H groups in total. The zero-order chi connectivity index (χ0) is 24.0. The van der Waals surface area contributed by atoms with E-state index in [2.05, 4.69) is 17.1 Å². The van der Waals surface area contributed by atoms with Crippen LogP contribution in [0.2, 0.25) is 0 Å². The van der Waals surface area contributed by atoms with E-state index in [0.717, 1.165) is 18.4 Å². The number of rotatable bonds is 10. The molecule has 0 aliphatic carbocycles. The van der Waals surface area contributed by atoms with Crippen molar-refractivity contribution < 1.29 is 19.4 Å². The Bertz CT molecular complexity index is 1100. The molecule has 33 heavy (non-hydrogen) atoms. The van der Waals surface area contributed by atoms with Gasteiger partial charge in [-0.2, -0.15) is 0 Å². The van der Waals surface area contributed by atoms with Crippen LogP contribution in [-0.4, -0.2) is 39.8 Å². The zero-order valence-electron chi connectivity index (χ0n) is 20.4. The van der Waals surface area contributed by atoms with Crippen LogP contribution >= 0.6 is 0 Å². The number of phenolic OH excluding ortho intramolecular Hbond substituents is 1. The third-order valence-corrected chi connectivity index (χ3v) is 5.65. The molecular weight excluding hydrogens is 418 g/mol. The van der Waals surface area contributed by atoms with Gasteiger partial charge < -0.3 is 14.6 Å². The molecule has 0 amide bonds. The Labute approximate surface area is 195 Å². The van der Waals surface area contributed by atoms with Gasteiger partial charge in [-0.25, -0.2) is 4.79 Å². The van der Waals surface area contributed by atoms with E-state index in [4.69, 9.17) is 9.47 Å². The number of carbonyl (C=O) groups excluding carboxylic acids is 1. The summed E-state index contributed by atoms with van der Waals surface area (Å²) in [6, 6.07) is 8.65. The van der Waals surface area contributed by atoms with Gasteiger partial charge in [0.25, 0.3) is 0 Å². The van der Waals surface area contributed by atoms with Crippen LogP contribution in [0.4, 0.5) is 0 Å². The largest absolute Gasteiger partial charge is 0.505 e. The van der Waals surface area contributed by atoms with Gasteiger partial charge >= 0.3 is 5.97 Å². The topological polar surface area (TPSA) is 86.5 Å². The molecule has 0 atom stereocenters. The molecule has 3 rings (SSSR count). The van der Waals surface area contributed by atoms with Crippen LogP contribution in [0.5, 0.6) is 11.5 Å². The van der Waals surface area contributed by atoms with Crippen molar-refractivity contribution in [2.24, 2.45) is 0 Å². The van der Waals surface area contributed by atoms with Crippen LogP contribution in [0, 0.1) is 0 Å². The van der Waals surface area contributed by atoms with Crippen LogP contribution in [0.1, 0.15) is 82.1 Å². The number of hydrogen-bond acceptors (Lipinski definition) is 6. The van der Waals surface area contributed by atoms with Gasteiger partial charge in [0.2, 0.25) is 0 Å². The number of aromatic nitrogens is 3. The third kappa shape index (κ3) is 6.03. The van der Waals surface area contributed by atoms with Gasteiger partial charge in [0.15, 0.2) is 0 Å². The lowest BCUT2D eigenvalue weighted by molar-refractivity contribution is 0.0601. The van der Waals surface area contributed by atoms with Gasteiger partial charge in [0.1, 0.15) is 28.2 Å².